The summed E-state index contributed by atoms with van der Waals surface area (Å²) in [5.74, 6) is -0.651. The summed E-state index contributed by atoms with van der Waals surface area (Å²) in [4.78, 5) is 37.7. The van der Waals surface area contributed by atoms with Gasteiger partial charge < -0.3 is 9.47 Å². The van der Waals surface area contributed by atoms with E-state index >= 15 is 0 Å². The van der Waals surface area contributed by atoms with Crippen molar-refractivity contribution in [1.29, 1.82) is 0 Å². The predicted molar refractivity (Wildman–Crippen MR) is 108 cm³/mol. The number of hydrogen-bond donors (Lipinski definition) is 0. The number of aryl methyl sites for hydroxylation is 1. The van der Waals surface area contributed by atoms with Gasteiger partial charge in [0.15, 0.2) is 6.61 Å². The van der Waals surface area contributed by atoms with Gasteiger partial charge >= 0.3 is 5.97 Å². The van der Waals surface area contributed by atoms with Crippen molar-refractivity contribution in [3.8, 4) is 5.75 Å². The number of nitrogens with zero attached hydrogens (tertiary/aromatic N) is 1. The molecule has 0 N–H and O–H groups in total. The zero-order valence-electron chi connectivity index (χ0n) is 17.2. The monoisotopic (exact) mass is 395 g/mol. The molecule has 29 heavy (non-hydrogen) atoms. The van der Waals surface area contributed by atoms with Gasteiger partial charge in [-0.25, -0.2) is 4.79 Å². The number of carbonyl (C=O) groups excluding carboxylic acids is 3. The van der Waals surface area contributed by atoms with Crippen LogP contribution in [0.25, 0.3) is 0 Å². The molecule has 6 nitrogen and oxygen atoms in total. The van der Waals surface area contributed by atoms with Gasteiger partial charge in [0.05, 0.1) is 17.7 Å². The van der Waals surface area contributed by atoms with Gasteiger partial charge in [-0.15, -0.1) is 0 Å². The van der Waals surface area contributed by atoms with E-state index in [0.29, 0.717) is 16.9 Å². The fraction of sp³-hybridized carbons (Fsp3) is 0.348. The minimum absolute atomic E-state index is 0.00978. The highest BCUT2D eigenvalue weighted by Crippen LogP contribution is 2.32. The third-order valence-corrected chi connectivity index (χ3v) is 4.74. The quantitative estimate of drug-likeness (QED) is 0.553. The summed E-state index contributed by atoms with van der Waals surface area (Å²) in [7, 11) is 0. The first-order valence-electron chi connectivity index (χ1n) is 9.53. The summed E-state index contributed by atoms with van der Waals surface area (Å²) in [5.41, 5.74) is 2.75. The fourth-order valence-corrected chi connectivity index (χ4v) is 3.23. The van der Waals surface area contributed by atoms with Gasteiger partial charge in [0, 0.05) is 0 Å². The van der Waals surface area contributed by atoms with Crippen LogP contribution in [-0.2, 0) is 14.9 Å². The molecule has 0 aliphatic carbocycles. The van der Waals surface area contributed by atoms with Gasteiger partial charge in [-0.05, 0) is 36.1 Å². The van der Waals surface area contributed by atoms with Crippen LogP contribution in [0, 0.1) is 6.92 Å². The standard InChI is InChI=1S/C23H25NO5/c1-15-9-10-19(18(13-15)23(2,3)4)29-14-20(25)28-12-11-24-21(26)16-7-5-6-8-17(16)22(24)27/h5-10,13H,11-12,14H2,1-4H3. The number of fused-ring (bicyclic) bond motifs is 1. The maximum absolute atomic E-state index is 12.3. The van der Waals surface area contributed by atoms with Crippen LogP contribution in [0.3, 0.4) is 0 Å². The minimum Gasteiger partial charge on any atom is -0.482 e. The SMILES string of the molecule is Cc1ccc(OCC(=O)OCCN2C(=O)c3ccccc3C2=O)c(C(C)(C)C)c1. The molecule has 152 valence electrons. The first-order chi connectivity index (χ1) is 13.7. The summed E-state index contributed by atoms with van der Waals surface area (Å²) in [6.07, 6.45) is 0. The lowest BCUT2D eigenvalue weighted by Crippen LogP contribution is -2.34. The second kappa shape index (κ2) is 8.07. The van der Waals surface area contributed by atoms with Crippen molar-refractivity contribution in [2.75, 3.05) is 19.8 Å². The van der Waals surface area contributed by atoms with Crippen LogP contribution >= 0.6 is 0 Å². The lowest BCUT2D eigenvalue weighted by molar-refractivity contribution is -0.146. The molecule has 1 aliphatic heterocycles. The zero-order valence-corrected chi connectivity index (χ0v) is 17.2. The molecule has 0 radical (unpaired) electrons. The third kappa shape index (κ3) is 4.47. The van der Waals surface area contributed by atoms with E-state index in [4.69, 9.17) is 9.47 Å². The third-order valence-electron chi connectivity index (χ3n) is 4.74. The summed E-state index contributed by atoms with van der Waals surface area (Å²) in [6, 6.07) is 12.5. The van der Waals surface area contributed by atoms with E-state index in [1.54, 1.807) is 24.3 Å². The van der Waals surface area contributed by atoms with E-state index < -0.39 is 5.97 Å². The van der Waals surface area contributed by atoms with Crippen molar-refractivity contribution in [3.63, 3.8) is 0 Å². The summed E-state index contributed by atoms with van der Waals surface area (Å²) in [5, 5.41) is 0. The second-order valence-electron chi connectivity index (χ2n) is 8.07. The molecule has 0 spiro atoms. The van der Waals surface area contributed by atoms with Crippen LogP contribution in [0.2, 0.25) is 0 Å². The lowest BCUT2D eigenvalue weighted by atomic mass is 9.85. The molecule has 0 fully saturated rings. The molecule has 0 aromatic heterocycles. The van der Waals surface area contributed by atoms with Crippen LogP contribution in [0.5, 0.6) is 5.75 Å². The van der Waals surface area contributed by atoms with E-state index in [1.165, 1.54) is 0 Å². The van der Waals surface area contributed by atoms with Crippen molar-refractivity contribution in [3.05, 3.63) is 64.7 Å². The molecule has 1 heterocycles. The topological polar surface area (TPSA) is 72.9 Å². The van der Waals surface area contributed by atoms with Gasteiger partial charge in [0.25, 0.3) is 11.8 Å². The Kier molecular flexibility index (Phi) is 5.73. The van der Waals surface area contributed by atoms with E-state index in [1.807, 2.05) is 25.1 Å². The van der Waals surface area contributed by atoms with E-state index in [2.05, 4.69) is 20.8 Å². The number of ether oxygens (including phenoxy) is 2. The average molecular weight is 395 g/mol. The molecule has 2 aromatic rings. The largest absolute Gasteiger partial charge is 0.482 e. The number of amides is 2. The van der Waals surface area contributed by atoms with Gasteiger partial charge in [-0.1, -0.05) is 50.6 Å². The van der Waals surface area contributed by atoms with Gasteiger partial charge in [0.1, 0.15) is 12.4 Å². The molecule has 0 atom stereocenters. The Bertz CT molecular complexity index is 923. The molecule has 2 amide bonds. The van der Waals surface area contributed by atoms with Gasteiger partial charge in [-0.2, -0.15) is 0 Å². The predicted octanol–water partition coefficient (Wildman–Crippen LogP) is 3.51. The highest BCUT2D eigenvalue weighted by atomic mass is 16.6. The van der Waals surface area contributed by atoms with Gasteiger partial charge in [0.2, 0.25) is 0 Å². The molecule has 0 saturated heterocycles. The number of benzene rings is 2. The van der Waals surface area contributed by atoms with Crippen molar-refractivity contribution in [2.45, 2.75) is 33.1 Å². The zero-order chi connectivity index (χ0) is 21.2. The first kappa shape index (κ1) is 20.6. The first-order valence-corrected chi connectivity index (χ1v) is 9.53. The van der Waals surface area contributed by atoms with E-state index in [9.17, 15) is 14.4 Å². The van der Waals surface area contributed by atoms with Crippen molar-refractivity contribution >= 4 is 17.8 Å². The molecular formula is C23H25NO5. The molecule has 0 bridgehead atoms. The number of hydrogen-bond acceptors (Lipinski definition) is 5. The molecule has 3 rings (SSSR count). The number of carbonyl (C=O) groups is 3. The minimum atomic E-state index is -0.554. The highest BCUT2D eigenvalue weighted by Gasteiger charge is 2.34. The van der Waals surface area contributed by atoms with Crippen molar-refractivity contribution in [1.82, 2.24) is 4.90 Å². The Morgan fingerprint density at radius 2 is 1.62 bits per heavy atom. The summed E-state index contributed by atoms with van der Waals surface area (Å²) < 4.78 is 10.8. The number of rotatable bonds is 6. The summed E-state index contributed by atoms with van der Waals surface area (Å²) >= 11 is 0. The Morgan fingerprint density at radius 1 is 1.00 bits per heavy atom. The van der Waals surface area contributed by atoms with Crippen molar-refractivity contribution < 1.29 is 23.9 Å². The molecule has 6 heteroatoms. The van der Waals surface area contributed by atoms with E-state index in [-0.39, 0.29) is 37.0 Å². The Morgan fingerprint density at radius 3 is 2.21 bits per heavy atom. The molecule has 0 saturated carbocycles. The van der Waals surface area contributed by atoms with E-state index in [0.717, 1.165) is 16.0 Å². The number of imide groups is 1. The maximum atomic E-state index is 12.3. The maximum Gasteiger partial charge on any atom is 0.344 e. The van der Waals surface area contributed by atoms with Crippen LogP contribution in [0.1, 0.15) is 52.6 Å². The second-order valence-corrected chi connectivity index (χ2v) is 8.07. The molecule has 0 unspecified atom stereocenters. The highest BCUT2D eigenvalue weighted by molar-refractivity contribution is 6.21. The normalized spacial score (nSPS) is 13.4. The van der Waals surface area contributed by atoms with Crippen LogP contribution < -0.4 is 4.74 Å². The Hall–Kier alpha value is -3.15. The molecule has 2 aromatic carbocycles. The lowest BCUT2D eigenvalue weighted by Gasteiger charge is -2.23. The smallest absolute Gasteiger partial charge is 0.344 e. The van der Waals surface area contributed by atoms with Crippen molar-refractivity contribution in [2.24, 2.45) is 0 Å². The van der Waals surface area contributed by atoms with Crippen LogP contribution in [0.4, 0.5) is 0 Å². The fourth-order valence-electron chi connectivity index (χ4n) is 3.23. The molecular weight excluding hydrogens is 370 g/mol. The average Bonchev–Trinajstić information content (AvgIpc) is 2.91. The Balaban J connectivity index is 1.52. The molecule has 1 aliphatic rings. The summed E-state index contributed by atoms with van der Waals surface area (Å²) in [6.45, 7) is 7.93. The number of esters is 1. The van der Waals surface area contributed by atoms with Crippen LogP contribution in [-0.4, -0.2) is 42.4 Å². The van der Waals surface area contributed by atoms with Gasteiger partial charge in [-0.3, -0.25) is 14.5 Å². The Labute approximate surface area is 170 Å². The van der Waals surface area contributed by atoms with Crippen LogP contribution in [0.15, 0.2) is 42.5 Å².